The summed E-state index contributed by atoms with van der Waals surface area (Å²) in [5.74, 6) is -1.35. The summed E-state index contributed by atoms with van der Waals surface area (Å²) in [7, 11) is 0. The quantitative estimate of drug-likeness (QED) is 0.837. The highest BCUT2D eigenvalue weighted by Gasteiger charge is 2.14. The molecule has 0 radical (unpaired) electrons. The van der Waals surface area contributed by atoms with Crippen LogP contribution in [0.4, 0.5) is 10.1 Å². The third-order valence-corrected chi connectivity index (χ3v) is 2.67. The highest BCUT2D eigenvalue weighted by Crippen LogP contribution is 2.21. The van der Waals surface area contributed by atoms with Crippen molar-refractivity contribution in [2.45, 2.75) is 6.54 Å². The molecule has 0 aliphatic carbocycles. The van der Waals surface area contributed by atoms with Gasteiger partial charge in [-0.25, -0.2) is 9.37 Å². The summed E-state index contributed by atoms with van der Waals surface area (Å²) in [6, 6.07) is 2.77. The summed E-state index contributed by atoms with van der Waals surface area (Å²) in [4.78, 5) is 14.9. The molecule has 0 saturated heterocycles. The van der Waals surface area contributed by atoms with Crippen LogP contribution in [0, 0.1) is 5.82 Å². The summed E-state index contributed by atoms with van der Waals surface area (Å²) in [5, 5.41) is 6.49. The van der Waals surface area contributed by atoms with Gasteiger partial charge in [0, 0.05) is 12.1 Å². The standard InChI is InChI=1S/C10H8BrFN4O2/c11-9-6(12)3-7(8(15-9)10(13)17)14-4-5-1-2-18-16-5/h1-3,14H,4H2,(H2,13,17). The molecule has 94 valence electrons. The average molecular weight is 315 g/mol. The molecule has 3 N–H and O–H groups in total. The number of nitrogens with two attached hydrogens (primary N) is 1. The Kier molecular flexibility index (Phi) is 3.56. The van der Waals surface area contributed by atoms with Gasteiger partial charge in [0.15, 0.2) is 11.5 Å². The first-order chi connectivity index (χ1) is 8.58. The number of carbonyl (C=O) groups excluding carboxylic acids is 1. The van der Waals surface area contributed by atoms with Crippen LogP contribution in [0.1, 0.15) is 16.2 Å². The van der Waals surface area contributed by atoms with Crippen molar-refractivity contribution < 1.29 is 13.7 Å². The van der Waals surface area contributed by atoms with Crippen molar-refractivity contribution >= 4 is 27.5 Å². The van der Waals surface area contributed by atoms with E-state index < -0.39 is 11.7 Å². The van der Waals surface area contributed by atoms with Gasteiger partial charge >= 0.3 is 0 Å². The second-order valence-electron chi connectivity index (χ2n) is 3.37. The first-order valence-corrected chi connectivity index (χ1v) is 5.66. The molecule has 0 bridgehead atoms. The van der Waals surface area contributed by atoms with E-state index in [1.54, 1.807) is 6.07 Å². The molecule has 0 fully saturated rings. The monoisotopic (exact) mass is 314 g/mol. The maximum Gasteiger partial charge on any atom is 0.269 e. The highest BCUT2D eigenvalue weighted by molar-refractivity contribution is 9.10. The van der Waals surface area contributed by atoms with Gasteiger partial charge in [0.1, 0.15) is 16.6 Å². The van der Waals surface area contributed by atoms with E-state index in [0.717, 1.165) is 6.07 Å². The minimum Gasteiger partial charge on any atom is -0.377 e. The maximum atomic E-state index is 13.4. The topological polar surface area (TPSA) is 94.0 Å². The van der Waals surface area contributed by atoms with Gasteiger partial charge in [0.05, 0.1) is 12.2 Å². The zero-order valence-corrected chi connectivity index (χ0v) is 10.6. The smallest absolute Gasteiger partial charge is 0.269 e. The van der Waals surface area contributed by atoms with E-state index in [9.17, 15) is 9.18 Å². The third kappa shape index (κ3) is 2.65. The summed E-state index contributed by atoms with van der Waals surface area (Å²) >= 11 is 2.89. The van der Waals surface area contributed by atoms with Gasteiger partial charge in [-0.05, 0) is 15.9 Å². The lowest BCUT2D eigenvalue weighted by molar-refractivity contribution is 0.0996. The number of aromatic nitrogens is 2. The van der Waals surface area contributed by atoms with Crippen LogP contribution in [0.25, 0.3) is 0 Å². The summed E-state index contributed by atoms with van der Waals surface area (Å²) in [6.07, 6.45) is 1.41. The van der Waals surface area contributed by atoms with Gasteiger partial charge < -0.3 is 15.6 Å². The number of nitrogens with zero attached hydrogens (tertiary/aromatic N) is 2. The number of hydrogen-bond donors (Lipinski definition) is 2. The van der Waals surface area contributed by atoms with Crippen LogP contribution in [0.3, 0.4) is 0 Å². The zero-order chi connectivity index (χ0) is 13.1. The van der Waals surface area contributed by atoms with Crippen molar-refractivity contribution in [1.82, 2.24) is 10.1 Å². The Balaban J connectivity index is 2.25. The van der Waals surface area contributed by atoms with Crippen LogP contribution in [-0.2, 0) is 6.54 Å². The predicted molar refractivity (Wildman–Crippen MR) is 64.2 cm³/mol. The molecule has 2 heterocycles. The number of carbonyl (C=O) groups is 1. The van der Waals surface area contributed by atoms with E-state index in [2.05, 4.69) is 35.9 Å². The minimum atomic E-state index is -0.752. The van der Waals surface area contributed by atoms with E-state index in [0.29, 0.717) is 5.69 Å². The Morgan fingerprint density at radius 1 is 1.61 bits per heavy atom. The SMILES string of the molecule is NC(=O)c1nc(Br)c(F)cc1NCc1ccon1. The second kappa shape index (κ2) is 5.13. The van der Waals surface area contributed by atoms with Crippen molar-refractivity contribution in [3.05, 3.63) is 40.2 Å². The van der Waals surface area contributed by atoms with Gasteiger partial charge in [-0.2, -0.15) is 0 Å². The summed E-state index contributed by atoms with van der Waals surface area (Å²) in [6.45, 7) is 0.263. The molecule has 6 nitrogen and oxygen atoms in total. The molecule has 0 saturated carbocycles. The molecular formula is C10H8BrFN4O2. The molecule has 8 heteroatoms. The van der Waals surface area contributed by atoms with Crippen LogP contribution in [0.15, 0.2) is 27.5 Å². The first-order valence-electron chi connectivity index (χ1n) is 4.87. The molecule has 2 aromatic heterocycles. The van der Waals surface area contributed by atoms with Gasteiger partial charge in [-0.15, -0.1) is 0 Å². The van der Waals surface area contributed by atoms with Crippen molar-refractivity contribution in [3.63, 3.8) is 0 Å². The van der Waals surface area contributed by atoms with E-state index >= 15 is 0 Å². The number of hydrogen-bond acceptors (Lipinski definition) is 5. The number of rotatable bonds is 4. The predicted octanol–water partition coefficient (Wildman–Crippen LogP) is 1.68. The first kappa shape index (κ1) is 12.5. The molecular weight excluding hydrogens is 307 g/mol. The van der Waals surface area contributed by atoms with Crippen molar-refractivity contribution in [3.8, 4) is 0 Å². The van der Waals surface area contributed by atoms with Crippen LogP contribution >= 0.6 is 15.9 Å². The Hall–Kier alpha value is -1.96. The molecule has 0 unspecified atom stereocenters. The Labute approximate surface area is 109 Å². The molecule has 2 aromatic rings. The van der Waals surface area contributed by atoms with Gasteiger partial charge in [0.25, 0.3) is 5.91 Å². The number of amides is 1. The molecule has 18 heavy (non-hydrogen) atoms. The lowest BCUT2D eigenvalue weighted by Crippen LogP contribution is -2.17. The van der Waals surface area contributed by atoms with E-state index in [4.69, 9.17) is 5.73 Å². The average Bonchev–Trinajstić information content (AvgIpc) is 2.83. The lowest BCUT2D eigenvalue weighted by Gasteiger charge is -2.08. The maximum absolute atomic E-state index is 13.4. The number of nitrogens with one attached hydrogen (secondary N) is 1. The Bertz CT molecular complexity index is 574. The molecule has 1 amide bonds. The molecule has 0 spiro atoms. The highest BCUT2D eigenvalue weighted by atomic mass is 79.9. The Morgan fingerprint density at radius 2 is 2.39 bits per heavy atom. The largest absolute Gasteiger partial charge is 0.377 e. The Morgan fingerprint density at radius 3 is 3.00 bits per heavy atom. The van der Waals surface area contributed by atoms with E-state index in [1.165, 1.54) is 6.26 Å². The van der Waals surface area contributed by atoms with Crippen molar-refractivity contribution in [2.75, 3.05) is 5.32 Å². The normalized spacial score (nSPS) is 10.3. The van der Waals surface area contributed by atoms with Crippen LogP contribution in [0.5, 0.6) is 0 Å². The van der Waals surface area contributed by atoms with E-state index in [1.807, 2.05) is 0 Å². The summed E-state index contributed by atoms with van der Waals surface area (Å²) in [5.41, 5.74) is 5.92. The van der Waals surface area contributed by atoms with Crippen molar-refractivity contribution in [1.29, 1.82) is 0 Å². The molecule has 0 aromatic carbocycles. The fraction of sp³-hybridized carbons (Fsp3) is 0.100. The molecule has 0 aliphatic heterocycles. The van der Waals surface area contributed by atoms with Crippen molar-refractivity contribution in [2.24, 2.45) is 5.73 Å². The molecule has 2 rings (SSSR count). The molecule has 0 aliphatic rings. The fourth-order valence-corrected chi connectivity index (χ4v) is 1.60. The molecule has 0 atom stereocenters. The number of primary amides is 1. The lowest BCUT2D eigenvalue weighted by atomic mass is 10.2. The summed E-state index contributed by atoms with van der Waals surface area (Å²) < 4.78 is 17.9. The van der Waals surface area contributed by atoms with E-state index in [-0.39, 0.29) is 22.5 Å². The van der Waals surface area contributed by atoms with Crippen LogP contribution in [0.2, 0.25) is 0 Å². The number of anilines is 1. The van der Waals surface area contributed by atoms with Crippen LogP contribution < -0.4 is 11.1 Å². The zero-order valence-electron chi connectivity index (χ0n) is 8.98. The number of halogens is 2. The van der Waals surface area contributed by atoms with Gasteiger partial charge in [-0.3, -0.25) is 4.79 Å². The van der Waals surface area contributed by atoms with Gasteiger partial charge in [-0.1, -0.05) is 5.16 Å². The van der Waals surface area contributed by atoms with Crippen LogP contribution in [-0.4, -0.2) is 16.0 Å². The second-order valence-corrected chi connectivity index (χ2v) is 4.12. The minimum absolute atomic E-state index is 0.0493. The third-order valence-electron chi connectivity index (χ3n) is 2.12. The number of pyridine rings is 1. The fourth-order valence-electron chi connectivity index (χ4n) is 1.30. The van der Waals surface area contributed by atoms with Gasteiger partial charge in [0.2, 0.25) is 0 Å².